The summed E-state index contributed by atoms with van der Waals surface area (Å²) in [6.07, 6.45) is 1.89. The third-order valence-corrected chi connectivity index (χ3v) is 2.94. The second-order valence-corrected chi connectivity index (χ2v) is 4.37. The first-order chi connectivity index (χ1) is 6.09. The van der Waals surface area contributed by atoms with Gasteiger partial charge in [-0.2, -0.15) is 0 Å². The molecule has 1 atom stereocenters. The lowest BCUT2D eigenvalue weighted by Crippen LogP contribution is -2.30. The van der Waals surface area contributed by atoms with Gasteiger partial charge in [0.05, 0.1) is 5.03 Å². The second-order valence-electron chi connectivity index (χ2n) is 3.21. The Morgan fingerprint density at radius 3 is 2.77 bits per heavy atom. The summed E-state index contributed by atoms with van der Waals surface area (Å²) in [6, 6.07) is 7.91. The molecule has 0 aliphatic carbocycles. The second kappa shape index (κ2) is 2.93. The molecule has 13 heavy (non-hydrogen) atoms. The number of rotatable bonds is 0. The van der Waals surface area contributed by atoms with Gasteiger partial charge in [-0.05, 0) is 24.6 Å². The van der Waals surface area contributed by atoms with Crippen molar-refractivity contribution in [2.24, 2.45) is 0 Å². The van der Waals surface area contributed by atoms with Gasteiger partial charge < -0.3 is 5.32 Å². The number of alkyl halides is 1. The first-order valence-corrected chi connectivity index (χ1v) is 4.79. The molecular formula is C10H9Cl2N. The molecule has 1 N–H and O–H groups in total. The molecule has 0 saturated heterocycles. The van der Waals surface area contributed by atoms with Crippen molar-refractivity contribution >= 4 is 35.0 Å². The maximum absolute atomic E-state index is 6.14. The van der Waals surface area contributed by atoms with Crippen LogP contribution in [-0.2, 0) is 0 Å². The van der Waals surface area contributed by atoms with E-state index < -0.39 is 5.00 Å². The average Bonchev–Trinajstić information content (AvgIpc) is 2.06. The van der Waals surface area contributed by atoms with E-state index in [0.29, 0.717) is 5.03 Å². The van der Waals surface area contributed by atoms with Gasteiger partial charge in [-0.25, -0.2) is 0 Å². The summed E-state index contributed by atoms with van der Waals surface area (Å²) in [5, 5.41) is 3.77. The van der Waals surface area contributed by atoms with Crippen molar-refractivity contribution in [2.75, 3.05) is 5.32 Å². The smallest absolute Gasteiger partial charge is 0.146 e. The fourth-order valence-corrected chi connectivity index (χ4v) is 1.64. The molecule has 0 aromatic heterocycles. The van der Waals surface area contributed by atoms with E-state index >= 15 is 0 Å². The monoisotopic (exact) mass is 213 g/mol. The van der Waals surface area contributed by atoms with Crippen molar-refractivity contribution in [3.63, 3.8) is 0 Å². The first-order valence-electron chi connectivity index (χ1n) is 4.03. The lowest BCUT2D eigenvalue weighted by Gasteiger charge is -2.29. The summed E-state index contributed by atoms with van der Waals surface area (Å²) in [6.45, 7) is 1.84. The molecule has 0 saturated carbocycles. The largest absolute Gasteiger partial charge is 0.362 e. The summed E-state index contributed by atoms with van der Waals surface area (Å²) < 4.78 is 0. The Balaban J connectivity index is 2.53. The third-order valence-electron chi connectivity index (χ3n) is 2.06. The quantitative estimate of drug-likeness (QED) is 0.513. The van der Waals surface area contributed by atoms with Gasteiger partial charge in [0.25, 0.3) is 0 Å². The van der Waals surface area contributed by atoms with Crippen molar-refractivity contribution in [1.29, 1.82) is 0 Å². The normalized spacial score (nSPS) is 25.9. The summed E-state index contributed by atoms with van der Waals surface area (Å²) in [4.78, 5) is -0.671. The standard InChI is InChI=1S/C10H9Cl2N/c1-10(12)9(11)6-7-4-2-3-5-8(7)13-10/h2-6,13H,1H3. The van der Waals surface area contributed by atoms with Gasteiger partial charge in [0.2, 0.25) is 0 Å². The van der Waals surface area contributed by atoms with Crippen LogP contribution in [0.15, 0.2) is 29.3 Å². The zero-order valence-electron chi connectivity index (χ0n) is 7.14. The lowest BCUT2D eigenvalue weighted by atomic mass is 10.1. The van der Waals surface area contributed by atoms with Crippen LogP contribution in [0.5, 0.6) is 0 Å². The van der Waals surface area contributed by atoms with Crippen LogP contribution in [0.25, 0.3) is 6.08 Å². The molecule has 0 bridgehead atoms. The predicted octanol–water partition coefficient (Wildman–Crippen LogP) is 3.65. The van der Waals surface area contributed by atoms with E-state index in [1.165, 1.54) is 0 Å². The molecular weight excluding hydrogens is 205 g/mol. The molecule has 1 aliphatic heterocycles. The fourth-order valence-electron chi connectivity index (χ4n) is 1.32. The average molecular weight is 214 g/mol. The topological polar surface area (TPSA) is 12.0 Å². The maximum atomic E-state index is 6.14. The summed E-state index contributed by atoms with van der Waals surface area (Å²) in [5.41, 5.74) is 2.09. The van der Waals surface area contributed by atoms with Gasteiger partial charge in [-0.1, -0.05) is 41.4 Å². The Kier molecular flexibility index (Phi) is 2.01. The van der Waals surface area contributed by atoms with Gasteiger partial charge in [0.1, 0.15) is 5.00 Å². The van der Waals surface area contributed by atoms with E-state index in [-0.39, 0.29) is 0 Å². The Labute approximate surface area is 87.4 Å². The van der Waals surface area contributed by atoms with Crippen LogP contribution in [-0.4, -0.2) is 5.00 Å². The lowest BCUT2D eigenvalue weighted by molar-refractivity contribution is 0.879. The van der Waals surface area contributed by atoms with Crippen LogP contribution >= 0.6 is 23.2 Å². The molecule has 1 aromatic carbocycles. The number of para-hydroxylation sites is 1. The molecule has 0 radical (unpaired) electrons. The molecule has 1 aliphatic rings. The number of hydrogen-bond donors (Lipinski definition) is 1. The zero-order chi connectivity index (χ0) is 9.47. The molecule has 3 heteroatoms. The van der Waals surface area contributed by atoms with E-state index in [0.717, 1.165) is 11.3 Å². The van der Waals surface area contributed by atoms with E-state index in [2.05, 4.69) is 5.32 Å². The highest BCUT2D eigenvalue weighted by atomic mass is 35.5. The van der Waals surface area contributed by atoms with Gasteiger partial charge in [0, 0.05) is 5.69 Å². The minimum absolute atomic E-state index is 0.618. The number of fused-ring (bicyclic) bond motifs is 1. The Hall–Kier alpha value is -0.660. The predicted molar refractivity (Wildman–Crippen MR) is 58.2 cm³/mol. The van der Waals surface area contributed by atoms with E-state index in [4.69, 9.17) is 23.2 Å². The van der Waals surface area contributed by atoms with Crippen LogP contribution in [0.1, 0.15) is 12.5 Å². The van der Waals surface area contributed by atoms with Gasteiger partial charge >= 0.3 is 0 Å². The Morgan fingerprint density at radius 2 is 2.00 bits per heavy atom. The molecule has 1 nitrogen and oxygen atoms in total. The first kappa shape index (κ1) is 8.92. The summed E-state index contributed by atoms with van der Waals surface area (Å²) in [7, 11) is 0. The minimum atomic E-state index is -0.671. The maximum Gasteiger partial charge on any atom is 0.146 e. The van der Waals surface area contributed by atoms with E-state index in [1.54, 1.807) is 0 Å². The molecule has 0 fully saturated rings. The van der Waals surface area contributed by atoms with Crippen molar-refractivity contribution in [1.82, 2.24) is 0 Å². The Bertz CT molecular complexity index is 369. The van der Waals surface area contributed by atoms with Crippen LogP contribution < -0.4 is 5.32 Å². The molecule has 1 heterocycles. The number of hydrogen-bond acceptors (Lipinski definition) is 1. The highest BCUT2D eigenvalue weighted by Crippen LogP contribution is 2.37. The summed E-state index contributed by atoms with van der Waals surface area (Å²) >= 11 is 12.1. The molecule has 0 spiro atoms. The van der Waals surface area contributed by atoms with Crippen molar-refractivity contribution in [3.8, 4) is 0 Å². The van der Waals surface area contributed by atoms with Crippen molar-refractivity contribution < 1.29 is 0 Å². The van der Waals surface area contributed by atoms with Crippen LogP contribution in [0.2, 0.25) is 0 Å². The van der Waals surface area contributed by atoms with E-state index in [1.807, 2.05) is 37.3 Å². The molecule has 2 rings (SSSR count). The highest BCUT2D eigenvalue weighted by molar-refractivity contribution is 6.42. The van der Waals surface area contributed by atoms with Crippen LogP contribution in [0.4, 0.5) is 5.69 Å². The molecule has 1 unspecified atom stereocenters. The van der Waals surface area contributed by atoms with Crippen molar-refractivity contribution in [2.45, 2.75) is 11.9 Å². The van der Waals surface area contributed by atoms with Gasteiger partial charge in [0.15, 0.2) is 0 Å². The zero-order valence-corrected chi connectivity index (χ0v) is 8.65. The van der Waals surface area contributed by atoms with Crippen molar-refractivity contribution in [3.05, 3.63) is 34.9 Å². The minimum Gasteiger partial charge on any atom is -0.362 e. The SMILES string of the molecule is CC1(Cl)Nc2ccccc2C=C1Cl. The number of benzene rings is 1. The Morgan fingerprint density at radius 1 is 1.31 bits per heavy atom. The summed E-state index contributed by atoms with van der Waals surface area (Å²) in [5.74, 6) is 0. The highest BCUT2D eigenvalue weighted by Gasteiger charge is 2.28. The van der Waals surface area contributed by atoms with Gasteiger partial charge in [-0.15, -0.1) is 0 Å². The molecule has 1 aromatic rings. The number of nitrogens with one attached hydrogen (secondary N) is 1. The number of halogens is 2. The van der Waals surface area contributed by atoms with Crippen LogP contribution in [0.3, 0.4) is 0 Å². The fraction of sp³-hybridized carbons (Fsp3) is 0.200. The molecule has 68 valence electrons. The van der Waals surface area contributed by atoms with Gasteiger partial charge in [-0.3, -0.25) is 0 Å². The number of anilines is 1. The van der Waals surface area contributed by atoms with Crippen LogP contribution in [0, 0.1) is 0 Å². The van der Waals surface area contributed by atoms with E-state index in [9.17, 15) is 0 Å². The third kappa shape index (κ3) is 1.54. The molecule has 0 amide bonds.